The highest BCUT2D eigenvalue weighted by atomic mass is 16.5. The first kappa shape index (κ1) is 24.1. The number of fused-ring (bicyclic) bond motifs is 2. The summed E-state index contributed by atoms with van der Waals surface area (Å²) in [7, 11) is 1.50. The van der Waals surface area contributed by atoms with Gasteiger partial charge in [-0.3, -0.25) is 4.79 Å². The number of esters is 1. The first-order valence-electron chi connectivity index (χ1n) is 13.0. The zero-order valence-corrected chi connectivity index (χ0v) is 20.4. The largest absolute Gasteiger partial charge is 0.469 e. The summed E-state index contributed by atoms with van der Waals surface area (Å²) in [6.45, 7) is 10.0. The molecule has 174 valence electrons. The Kier molecular flexibility index (Phi) is 7.96. The van der Waals surface area contributed by atoms with Crippen molar-refractivity contribution in [2.45, 2.75) is 117 Å². The molecule has 0 aromatic rings. The summed E-state index contributed by atoms with van der Waals surface area (Å²) in [5.41, 5.74) is 0.794. The minimum atomic E-state index is -0.0800. The van der Waals surface area contributed by atoms with Crippen molar-refractivity contribution in [2.24, 2.45) is 40.4 Å². The zero-order chi connectivity index (χ0) is 21.9. The van der Waals surface area contributed by atoms with E-state index < -0.39 is 0 Å². The van der Waals surface area contributed by atoms with Gasteiger partial charge in [-0.1, -0.05) is 34.1 Å². The number of hydrogen-bond donors (Lipinski definition) is 1. The number of carbonyl (C=O) groups is 1. The molecule has 0 aromatic carbocycles. The molecule has 8 unspecified atom stereocenters. The lowest BCUT2D eigenvalue weighted by atomic mass is 9.58. The predicted molar refractivity (Wildman–Crippen MR) is 123 cm³/mol. The molecule has 0 aromatic heterocycles. The first-order chi connectivity index (χ1) is 14.2. The molecule has 3 fully saturated rings. The van der Waals surface area contributed by atoms with Gasteiger partial charge in [0.05, 0.1) is 13.2 Å². The summed E-state index contributed by atoms with van der Waals surface area (Å²) in [6, 6.07) is 0. The SMILES string of the molecule is COC(=O)CCC(C)C1CCC2CCCC3CCC(O)CCC3(C)C(C)CCC21C. The van der Waals surface area contributed by atoms with Gasteiger partial charge in [0.25, 0.3) is 0 Å². The summed E-state index contributed by atoms with van der Waals surface area (Å²) < 4.78 is 4.90. The molecule has 0 saturated heterocycles. The van der Waals surface area contributed by atoms with Crippen molar-refractivity contribution >= 4 is 5.97 Å². The van der Waals surface area contributed by atoms with Gasteiger partial charge in [-0.15, -0.1) is 0 Å². The Bertz CT molecular complexity index is 574. The van der Waals surface area contributed by atoms with Crippen LogP contribution in [-0.4, -0.2) is 24.3 Å². The molecule has 3 saturated carbocycles. The molecular formula is C27H48O3. The number of aliphatic hydroxyl groups excluding tert-OH is 1. The Hall–Kier alpha value is -0.570. The zero-order valence-electron chi connectivity index (χ0n) is 20.4. The summed E-state index contributed by atoms with van der Waals surface area (Å²) >= 11 is 0. The number of methoxy groups -OCH3 is 1. The molecule has 3 aliphatic rings. The summed E-state index contributed by atoms with van der Waals surface area (Å²) in [6.07, 6.45) is 15.3. The average Bonchev–Trinajstić information content (AvgIpc) is 2.98. The number of aliphatic hydroxyl groups is 1. The van der Waals surface area contributed by atoms with Crippen LogP contribution >= 0.6 is 0 Å². The van der Waals surface area contributed by atoms with E-state index in [1.807, 2.05) is 0 Å². The Labute approximate surface area is 185 Å². The van der Waals surface area contributed by atoms with Crippen LogP contribution in [-0.2, 0) is 9.53 Å². The minimum Gasteiger partial charge on any atom is -0.469 e. The maximum atomic E-state index is 11.7. The van der Waals surface area contributed by atoms with Crippen LogP contribution < -0.4 is 0 Å². The number of carbonyl (C=O) groups excluding carboxylic acids is 1. The standard InChI is InChI=1S/C27H48O3/c1-19(9-14-25(29)30-5)24-13-11-22-8-6-7-21-10-12-23(28)16-18-26(21,3)20(2)15-17-27(22,24)4/h19-24,28H,6-18H2,1-5H3. The van der Waals surface area contributed by atoms with Crippen LogP contribution in [0.1, 0.15) is 111 Å². The third-order valence-corrected chi connectivity index (χ3v) is 10.5. The van der Waals surface area contributed by atoms with Crippen molar-refractivity contribution in [1.82, 2.24) is 0 Å². The van der Waals surface area contributed by atoms with E-state index in [0.29, 0.717) is 23.2 Å². The van der Waals surface area contributed by atoms with Gasteiger partial charge in [0.15, 0.2) is 0 Å². The van der Waals surface area contributed by atoms with E-state index in [4.69, 9.17) is 4.74 Å². The van der Waals surface area contributed by atoms with Crippen LogP contribution in [0.3, 0.4) is 0 Å². The Morgan fingerprint density at radius 2 is 1.60 bits per heavy atom. The summed E-state index contributed by atoms with van der Waals surface area (Å²) in [5.74, 6) is 3.61. The number of ether oxygens (including phenoxy) is 1. The second kappa shape index (κ2) is 9.92. The van der Waals surface area contributed by atoms with Crippen molar-refractivity contribution in [3.63, 3.8) is 0 Å². The molecule has 0 bridgehead atoms. The van der Waals surface area contributed by atoms with E-state index >= 15 is 0 Å². The van der Waals surface area contributed by atoms with E-state index in [1.54, 1.807) is 0 Å². The molecule has 1 N–H and O–H groups in total. The van der Waals surface area contributed by atoms with E-state index in [-0.39, 0.29) is 12.1 Å². The third kappa shape index (κ3) is 4.92. The molecule has 0 spiro atoms. The van der Waals surface area contributed by atoms with Crippen molar-refractivity contribution in [2.75, 3.05) is 7.11 Å². The topological polar surface area (TPSA) is 46.5 Å². The molecule has 0 amide bonds. The van der Waals surface area contributed by atoms with Gasteiger partial charge >= 0.3 is 5.97 Å². The maximum absolute atomic E-state index is 11.7. The predicted octanol–water partition coefficient (Wildman–Crippen LogP) is 6.77. The molecule has 3 heteroatoms. The molecule has 0 heterocycles. The molecule has 3 aliphatic carbocycles. The van der Waals surface area contributed by atoms with Crippen molar-refractivity contribution in [3.05, 3.63) is 0 Å². The Morgan fingerprint density at radius 1 is 0.967 bits per heavy atom. The van der Waals surface area contributed by atoms with Crippen LogP contribution in [0.25, 0.3) is 0 Å². The summed E-state index contributed by atoms with van der Waals surface area (Å²) in [4.78, 5) is 11.7. The highest BCUT2D eigenvalue weighted by molar-refractivity contribution is 5.69. The normalized spacial score (nSPS) is 43.7. The van der Waals surface area contributed by atoms with Crippen molar-refractivity contribution in [1.29, 1.82) is 0 Å². The lowest BCUT2D eigenvalue weighted by Crippen LogP contribution is -2.38. The number of rotatable bonds is 4. The molecule has 8 atom stereocenters. The molecule has 3 nitrogen and oxygen atoms in total. The highest BCUT2D eigenvalue weighted by Crippen LogP contribution is 2.59. The monoisotopic (exact) mass is 420 g/mol. The van der Waals surface area contributed by atoms with Gasteiger partial charge in [-0.05, 0) is 111 Å². The van der Waals surface area contributed by atoms with E-state index in [9.17, 15) is 9.90 Å². The van der Waals surface area contributed by atoms with E-state index in [0.717, 1.165) is 42.9 Å². The second-order valence-electron chi connectivity index (χ2n) is 11.8. The van der Waals surface area contributed by atoms with E-state index in [1.165, 1.54) is 64.9 Å². The molecule has 30 heavy (non-hydrogen) atoms. The van der Waals surface area contributed by atoms with Gasteiger partial charge in [-0.2, -0.15) is 0 Å². The van der Waals surface area contributed by atoms with Gasteiger partial charge in [0.1, 0.15) is 0 Å². The van der Waals surface area contributed by atoms with Gasteiger partial charge in [0, 0.05) is 6.42 Å². The highest BCUT2D eigenvalue weighted by Gasteiger charge is 2.49. The quantitative estimate of drug-likeness (QED) is 0.511. The molecule has 3 rings (SSSR count). The third-order valence-electron chi connectivity index (χ3n) is 10.5. The van der Waals surface area contributed by atoms with Crippen LogP contribution in [0.5, 0.6) is 0 Å². The first-order valence-corrected chi connectivity index (χ1v) is 13.0. The number of hydrogen-bond acceptors (Lipinski definition) is 3. The minimum absolute atomic E-state index is 0.0596. The fraction of sp³-hybridized carbons (Fsp3) is 0.963. The average molecular weight is 421 g/mol. The van der Waals surface area contributed by atoms with Crippen molar-refractivity contribution < 1.29 is 14.6 Å². The van der Waals surface area contributed by atoms with E-state index in [2.05, 4.69) is 27.7 Å². The van der Waals surface area contributed by atoms with Crippen LogP contribution in [0.2, 0.25) is 0 Å². The van der Waals surface area contributed by atoms with Crippen LogP contribution in [0.4, 0.5) is 0 Å². The maximum Gasteiger partial charge on any atom is 0.305 e. The lowest BCUT2D eigenvalue weighted by molar-refractivity contribution is -0.141. The second-order valence-corrected chi connectivity index (χ2v) is 11.8. The Balaban J connectivity index is 1.74. The molecular weight excluding hydrogens is 372 g/mol. The van der Waals surface area contributed by atoms with Gasteiger partial charge in [-0.25, -0.2) is 0 Å². The van der Waals surface area contributed by atoms with Crippen molar-refractivity contribution in [3.8, 4) is 0 Å². The summed E-state index contributed by atoms with van der Waals surface area (Å²) in [5, 5.41) is 10.3. The smallest absolute Gasteiger partial charge is 0.305 e. The molecule has 0 aliphatic heterocycles. The lowest BCUT2D eigenvalue weighted by Gasteiger charge is -2.47. The fourth-order valence-electron chi connectivity index (χ4n) is 7.93. The Morgan fingerprint density at radius 3 is 2.30 bits per heavy atom. The molecule has 0 radical (unpaired) electrons. The fourth-order valence-corrected chi connectivity index (χ4v) is 7.93. The van der Waals surface area contributed by atoms with Crippen LogP contribution in [0.15, 0.2) is 0 Å². The van der Waals surface area contributed by atoms with Gasteiger partial charge < -0.3 is 9.84 Å². The van der Waals surface area contributed by atoms with Gasteiger partial charge in [0.2, 0.25) is 0 Å². The van der Waals surface area contributed by atoms with Crippen LogP contribution in [0, 0.1) is 40.4 Å².